The highest BCUT2D eigenvalue weighted by Gasteiger charge is 2.16. The predicted octanol–water partition coefficient (Wildman–Crippen LogP) is 4.71. The van der Waals surface area contributed by atoms with Crippen molar-refractivity contribution in [3.63, 3.8) is 0 Å². The van der Waals surface area contributed by atoms with Gasteiger partial charge in [0.15, 0.2) is 0 Å². The van der Waals surface area contributed by atoms with E-state index in [-0.39, 0.29) is 12.1 Å². The van der Waals surface area contributed by atoms with E-state index in [2.05, 4.69) is 15.9 Å². The summed E-state index contributed by atoms with van der Waals surface area (Å²) < 4.78 is 7.02. The zero-order valence-corrected chi connectivity index (χ0v) is 13.6. The van der Waals surface area contributed by atoms with Crippen molar-refractivity contribution in [1.82, 2.24) is 0 Å². The Labute approximate surface area is 133 Å². The first kappa shape index (κ1) is 15.5. The van der Waals surface area contributed by atoms with Gasteiger partial charge in [0.05, 0.1) is 12.7 Å². The molecule has 0 aliphatic rings. The van der Waals surface area contributed by atoms with Gasteiger partial charge in [-0.05, 0) is 42.3 Å². The monoisotopic (exact) mass is 353 g/mol. The van der Waals surface area contributed by atoms with E-state index in [1.165, 1.54) is 0 Å². The van der Waals surface area contributed by atoms with Crippen molar-refractivity contribution >= 4 is 27.5 Å². The summed E-state index contributed by atoms with van der Waals surface area (Å²) in [4.78, 5) is 0. The van der Waals surface area contributed by atoms with Gasteiger partial charge in [0.1, 0.15) is 0 Å². The molecule has 20 heavy (non-hydrogen) atoms. The Morgan fingerprint density at radius 3 is 2.25 bits per heavy atom. The van der Waals surface area contributed by atoms with Gasteiger partial charge in [-0.1, -0.05) is 51.8 Å². The minimum atomic E-state index is -0.126. The fourth-order valence-corrected chi connectivity index (χ4v) is 2.36. The number of nitrogens with two attached hydrogens (primary N) is 1. The third kappa shape index (κ3) is 4.32. The molecule has 2 nitrogen and oxygen atoms in total. The SMILES string of the molecule is CC(N)C(OCc1ccc(Cl)cc1)c1ccc(Br)cc1. The molecule has 0 aromatic heterocycles. The molecule has 0 saturated carbocycles. The molecule has 4 heteroatoms. The first-order chi connectivity index (χ1) is 9.56. The van der Waals surface area contributed by atoms with E-state index < -0.39 is 0 Å². The second-order valence-electron chi connectivity index (χ2n) is 4.77. The third-order valence-electron chi connectivity index (χ3n) is 3.02. The summed E-state index contributed by atoms with van der Waals surface area (Å²) in [5, 5.41) is 0.727. The van der Waals surface area contributed by atoms with Crippen LogP contribution in [0, 0.1) is 0 Å². The Kier molecular flexibility index (Phi) is 5.61. The quantitative estimate of drug-likeness (QED) is 0.844. The number of hydrogen-bond donors (Lipinski definition) is 1. The molecule has 2 unspecified atom stereocenters. The van der Waals surface area contributed by atoms with E-state index in [0.717, 1.165) is 20.6 Å². The van der Waals surface area contributed by atoms with Crippen LogP contribution in [-0.2, 0) is 11.3 Å². The van der Waals surface area contributed by atoms with Crippen molar-refractivity contribution in [2.45, 2.75) is 25.7 Å². The lowest BCUT2D eigenvalue weighted by molar-refractivity contribution is 0.0259. The van der Waals surface area contributed by atoms with Gasteiger partial charge in [-0.2, -0.15) is 0 Å². The maximum absolute atomic E-state index is 6.04. The van der Waals surface area contributed by atoms with Crippen molar-refractivity contribution in [2.24, 2.45) is 5.73 Å². The van der Waals surface area contributed by atoms with Gasteiger partial charge in [-0.3, -0.25) is 0 Å². The highest BCUT2D eigenvalue weighted by atomic mass is 79.9. The Bertz CT molecular complexity index is 539. The molecule has 0 aliphatic heterocycles. The maximum Gasteiger partial charge on any atom is 0.0977 e. The average Bonchev–Trinajstić information content (AvgIpc) is 2.43. The van der Waals surface area contributed by atoms with Gasteiger partial charge in [-0.15, -0.1) is 0 Å². The molecule has 0 radical (unpaired) electrons. The number of hydrogen-bond acceptors (Lipinski definition) is 2. The van der Waals surface area contributed by atoms with Gasteiger partial charge in [-0.25, -0.2) is 0 Å². The van der Waals surface area contributed by atoms with Crippen LogP contribution in [0.3, 0.4) is 0 Å². The molecule has 106 valence electrons. The van der Waals surface area contributed by atoms with Crippen LogP contribution in [-0.4, -0.2) is 6.04 Å². The van der Waals surface area contributed by atoms with Crippen molar-refractivity contribution in [3.05, 3.63) is 69.2 Å². The number of halogens is 2. The summed E-state index contributed by atoms with van der Waals surface area (Å²) in [5.41, 5.74) is 8.20. The number of ether oxygens (including phenoxy) is 1. The van der Waals surface area contributed by atoms with E-state index in [9.17, 15) is 0 Å². The van der Waals surface area contributed by atoms with E-state index in [1.807, 2.05) is 55.5 Å². The number of benzene rings is 2. The van der Waals surface area contributed by atoms with Crippen molar-refractivity contribution in [2.75, 3.05) is 0 Å². The smallest absolute Gasteiger partial charge is 0.0977 e. The Morgan fingerprint density at radius 2 is 1.70 bits per heavy atom. The van der Waals surface area contributed by atoms with Crippen LogP contribution < -0.4 is 5.73 Å². The molecule has 0 amide bonds. The molecular weight excluding hydrogens is 338 g/mol. The second-order valence-corrected chi connectivity index (χ2v) is 6.12. The molecule has 2 atom stereocenters. The minimum absolute atomic E-state index is 0.0801. The van der Waals surface area contributed by atoms with Gasteiger partial charge < -0.3 is 10.5 Å². The molecule has 0 saturated heterocycles. The Hall–Kier alpha value is -0.870. The van der Waals surface area contributed by atoms with Gasteiger partial charge in [0.2, 0.25) is 0 Å². The molecule has 0 heterocycles. The summed E-state index contributed by atoms with van der Waals surface area (Å²) in [6, 6.07) is 15.6. The Morgan fingerprint density at radius 1 is 1.10 bits per heavy atom. The standard InChI is InChI=1S/C16H17BrClNO/c1-11(19)16(13-4-6-14(17)7-5-13)20-10-12-2-8-15(18)9-3-12/h2-9,11,16H,10,19H2,1H3. The lowest BCUT2D eigenvalue weighted by Gasteiger charge is -2.22. The molecule has 2 N–H and O–H groups in total. The van der Waals surface area contributed by atoms with Crippen molar-refractivity contribution < 1.29 is 4.74 Å². The topological polar surface area (TPSA) is 35.2 Å². The first-order valence-electron chi connectivity index (χ1n) is 6.43. The van der Waals surface area contributed by atoms with Crippen LogP contribution in [0.5, 0.6) is 0 Å². The van der Waals surface area contributed by atoms with Gasteiger partial charge >= 0.3 is 0 Å². The molecule has 0 spiro atoms. The largest absolute Gasteiger partial charge is 0.367 e. The lowest BCUT2D eigenvalue weighted by atomic mass is 10.0. The molecule has 0 bridgehead atoms. The minimum Gasteiger partial charge on any atom is -0.367 e. The average molecular weight is 355 g/mol. The summed E-state index contributed by atoms with van der Waals surface area (Å²) in [6.07, 6.45) is -0.126. The van der Waals surface area contributed by atoms with Crippen LogP contribution in [0.4, 0.5) is 0 Å². The van der Waals surface area contributed by atoms with E-state index in [4.69, 9.17) is 22.1 Å². The molecule has 2 rings (SSSR count). The zero-order chi connectivity index (χ0) is 14.5. The summed E-state index contributed by atoms with van der Waals surface area (Å²) >= 11 is 9.30. The zero-order valence-electron chi connectivity index (χ0n) is 11.2. The van der Waals surface area contributed by atoms with Crippen LogP contribution in [0.25, 0.3) is 0 Å². The summed E-state index contributed by atoms with van der Waals surface area (Å²) in [6.45, 7) is 2.47. The van der Waals surface area contributed by atoms with Crippen LogP contribution in [0.15, 0.2) is 53.0 Å². The van der Waals surface area contributed by atoms with Crippen LogP contribution in [0.2, 0.25) is 5.02 Å². The molecule has 2 aromatic rings. The van der Waals surface area contributed by atoms with E-state index in [0.29, 0.717) is 6.61 Å². The third-order valence-corrected chi connectivity index (χ3v) is 3.80. The molecular formula is C16H17BrClNO. The fraction of sp³-hybridized carbons (Fsp3) is 0.250. The van der Waals surface area contributed by atoms with Gasteiger partial charge in [0.25, 0.3) is 0 Å². The normalized spacial score (nSPS) is 14.0. The van der Waals surface area contributed by atoms with Crippen molar-refractivity contribution in [3.8, 4) is 0 Å². The van der Waals surface area contributed by atoms with E-state index >= 15 is 0 Å². The Balaban J connectivity index is 2.06. The van der Waals surface area contributed by atoms with Crippen LogP contribution >= 0.6 is 27.5 Å². The van der Waals surface area contributed by atoms with E-state index in [1.54, 1.807) is 0 Å². The summed E-state index contributed by atoms with van der Waals surface area (Å²) in [5.74, 6) is 0. The van der Waals surface area contributed by atoms with Gasteiger partial charge in [0, 0.05) is 15.5 Å². The summed E-state index contributed by atoms with van der Waals surface area (Å²) in [7, 11) is 0. The first-order valence-corrected chi connectivity index (χ1v) is 7.60. The maximum atomic E-state index is 6.04. The van der Waals surface area contributed by atoms with Crippen LogP contribution in [0.1, 0.15) is 24.2 Å². The predicted molar refractivity (Wildman–Crippen MR) is 86.8 cm³/mol. The number of rotatable bonds is 5. The lowest BCUT2D eigenvalue weighted by Crippen LogP contribution is -2.26. The highest BCUT2D eigenvalue weighted by Crippen LogP contribution is 2.24. The van der Waals surface area contributed by atoms with Crippen molar-refractivity contribution in [1.29, 1.82) is 0 Å². The molecule has 0 aliphatic carbocycles. The molecule has 2 aromatic carbocycles. The molecule has 0 fully saturated rings. The fourth-order valence-electron chi connectivity index (χ4n) is 1.97. The second kappa shape index (κ2) is 7.23. The highest BCUT2D eigenvalue weighted by molar-refractivity contribution is 9.10.